The maximum absolute atomic E-state index is 13.3. The van der Waals surface area contributed by atoms with E-state index in [1.807, 2.05) is 0 Å². The standard InChI is InChI=1S/C10H10F5NO/c11-8-5(7(16)3-4-17)1-2-6(9(8)12)10(13,14)15/h1-2,7,17H,3-4,16H2. The largest absolute Gasteiger partial charge is 0.419 e. The first-order valence-corrected chi connectivity index (χ1v) is 4.70. The van der Waals surface area contributed by atoms with Crippen LogP contribution in [0.25, 0.3) is 0 Å². The van der Waals surface area contributed by atoms with Crippen LogP contribution in [0.4, 0.5) is 22.0 Å². The van der Waals surface area contributed by atoms with Crippen molar-refractivity contribution in [1.29, 1.82) is 0 Å². The molecular weight excluding hydrogens is 245 g/mol. The van der Waals surface area contributed by atoms with Crippen LogP contribution in [-0.2, 0) is 6.18 Å². The molecule has 0 spiro atoms. The zero-order valence-electron chi connectivity index (χ0n) is 8.56. The highest BCUT2D eigenvalue weighted by Gasteiger charge is 2.36. The van der Waals surface area contributed by atoms with Gasteiger partial charge < -0.3 is 10.8 Å². The third kappa shape index (κ3) is 2.92. The summed E-state index contributed by atoms with van der Waals surface area (Å²) in [5.41, 5.74) is 3.33. The fraction of sp³-hybridized carbons (Fsp3) is 0.400. The lowest BCUT2D eigenvalue weighted by atomic mass is 10.0. The van der Waals surface area contributed by atoms with Crippen molar-refractivity contribution in [2.75, 3.05) is 6.61 Å². The van der Waals surface area contributed by atoms with E-state index in [1.54, 1.807) is 0 Å². The Labute approximate surface area is 93.9 Å². The summed E-state index contributed by atoms with van der Waals surface area (Å²) in [5, 5.41) is 8.57. The predicted molar refractivity (Wildman–Crippen MR) is 50.0 cm³/mol. The lowest BCUT2D eigenvalue weighted by Crippen LogP contribution is -2.17. The Bertz CT molecular complexity index is 404. The van der Waals surface area contributed by atoms with Crippen LogP contribution in [-0.4, -0.2) is 11.7 Å². The molecule has 0 aromatic heterocycles. The number of hydrogen-bond acceptors (Lipinski definition) is 2. The highest BCUT2D eigenvalue weighted by atomic mass is 19.4. The summed E-state index contributed by atoms with van der Waals surface area (Å²) >= 11 is 0. The molecule has 0 radical (unpaired) electrons. The quantitative estimate of drug-likeness (QED) is 0.814. The summed E-state index contributed by atoms with van der Waals surface area (Å²) < 4.78 is 63.2. The van der Waals surface area contributed by atoms with E-state index in [4.69, 9.17) is 10.8 Å². The third-order valence-corrected chi connectivity index (χ3v) is 2.26. The van der Waals surface area contributed by atoms with Gasteiger partial charge in [0, 0.05) is 18.2 Å². The topological polar surface area (TPSA) is 46.2 Å². The number of rotatable bonds is 3. The van der Waals surface area contributed by atoms with Crippen LogP contribution in [0, 0.1) is 11.6 Å². The Kier molecular flexibility index (Phi) is 4.05. The highest BCUT2D eigenvalue weighted by molar-refractivity contribution is 5.30. The third-order valence-electron chi connectivity index (χ3n) is 2.26. The Morgan fingerprint density at radius 1 is 1.18 bits per heavy atom. The second-order valence-corrected chi connectivity index (χ2v) is 3.45. The Morgan fingerprint density at radius 3 is 2.24 bits per heavy atom. The van der Waals surface area contributed by atoms with E-state index in [0.29, 0.717) is 6.07 Å². The van der Waals surface area contributed by atoms with Crippen molar-refractivity contribution < 1.29 is 27.1 Å². The van der Waals surface area contributed by atoms with E-state index >= 15 is 0 Å². The number of hydrogen-bond donors (Lipinski definition) is 2. The van der Waals surface area contributed by atoms with E-state index in [1.165, 1.54) is 0 Å². The molecule has 2 nitrogen and oxygen atoms in total. The molecule has 0 amide bonds. The van der Waals surface area contributed by atoms with Crippen molar-refractivity contribution in [2.24, 2.45) is 5.73 Å². The fourth-order valence-corrected chi connectivity index (χ4v) is 1.36. The van der Waals surface area contributed by atoms with Gasteiger partial charge in [-0.3, -0.25) is 0 Å². The first-order valence-electron chi connectivity index (χ1n) is 4.70. The molecule has 0 aliphatic carbocycles. The van der Waals surface area contributed by atoms with Crippen molar-refractivity contribution in [3.8, 4) is 0 Å². The Morgan fingerprint density at radius 2 is 1.76 bits per heavy atom. The number of alkyl halides is 3. The molecule has 0 aliphatic rings. The molecule has 1 aromatic rings. The Hall–Kier alpha value is -1.21. The van der Waals surface area contributed by atoms with Crippen molar-refractivity contribution in [1.82, 2.24) is 0 Å². The molecule has 3 N–H and O–H groups in total. The van der Waals surface area contributed by atoms with Gasteiger partial charge in [-0.25, -0.2) is 8.78 Å². The minimum Gasteiger partial charge on any atom is -0.396 e. The molecule has 1 rings (SSSR count). The minimum atomic E-state index is -4.95. The van der Waals surface area contributed by atoms with Crippen molar-refractivity contribution in [2.45, 2.75) is 18.6 Å². The molecule has 96 valence electrons. The molecule has 17 heavy (non-hydrogen) atoms. The first kappa shape index (κ1) is 13.9. The average Bonchev–Trinajstić information content (AvgIpc) is 2.20. The summed E-state index contributed by atoms with van der Waals surface area (Å²) in [5.74, 6) is -3.59. The monoisotopic (exact) mass is 255 g/mol. The number of aliphatic hydroxyl groups is 1. The van der Waals surface area contributed by atoms with Crippen LogP contribution in [0.5, 0.6) is 0 Å². The number of nitrogens with two attached hydrogens (primary N) is 1. The van der Waals surface area contributed by atoms with Gasteiger partial charge >= 0.3 is 6.18 Å². The van der Waals surface area contributed by atoms with Crippen LogP contribution in [0.15, 0.2) is 12.1 Å². The van der Waals surface area contributed by atoms with Gasteiger partial charge in [0.1, 0.15) is 0 Å². The van der Waals surface area contributed by atoms with E-state index in [9.17, 15) is 22.0 Å². The van der Waals surface area contributed by atoms with Gasteiger partial charge in [-0.05, 0) is 12.5 Å². The van der Waals surface area contributed by atoms with Gasteiger partial charge in [0.15, 0.2) is 11.6 Å². The molecule has 0 saturated heterocycles. The summed E-state index contributed by atoms with van der Waals surface area (Å²) in [6.07, 6.45) is -5.02. The number of benzene rings is 1. The van der Waals surface area contributed by atoms with Gasteiger partial charge in [0.25, 0.3) is 0 Å². The minimum absolute atomic E-state index is 0.0677. The smallest absolute Gasteiger partial charge is 0.396 e. The number of aliphatic hydroxyl groups excluding tert-OH is 1. The van der Waals surface area contributed by atoms with E-state index in [0.717, 1.165) is 6.07 Å². The highest BCUT2D eigenvalue weighted by Crippen LogP contribution is 2.34. The maximum atomic E-state index is 13.3. The van der Waals surface area contributed by atoms with Crippen LogP contribution in [0.1, 0.15) is 23.6 Å². The fourth-order valence-electron chi connectivity index (χ4n) is 1.36. The van der Waals surface area contributed by atoms with Crippen molar-refractivity contribution in [3.05, 3.63) is 34.9 Å². The second kappa shape index (κ2) is 4.97. The van der Waals surface area contributed by atoms with Crippen molar-refractivity contribution >= 4 is 0 Å². The molecule has 0 saturated carbocycles. The van der Waals surface area contributed by atoms with Crippen molar-refractivity contribution in [3.63, 3.8) is 0 Å². The zero-order valence-corrected chi connectivity index (χ0v) is 8.56. The van der Waals surface area contributed by atoms with Gasteiger partial charge in [0.05, 0.1) is 5.56 Å². The molecule has 0 bridgehead atoms. The summed E-state index contributed by atoms with van der Waals surface area (Å²) in [4.78, 5) is 0. The van der Waals surface area contributed by atoms with Crippen LogP contribution in [0.3, 0.4) is 0 Å². The maximum Gasteiger partial charge on any atom is 0.419 e. The molecule has 0 aliphatic heterocycles. The lowest BCUT2D eigenvalue weighted by molar-refractivity contribution is -0.140. The predicted octanol–water partition coefficient (Wildman–Crippen LogP) is 2.37. The van der Waals surface area contributed by atoms with E-state index in [2.05, 4.69) is 0 Å². The van der Waals surface area contributed by atoms with Crippen LogP contribution < -0.4 is 5.73 Å². The van der Waals surface area contributed by atoms with Gasteiger partial charge in [-0.15, -0.1) is 0 Å². The molecule has 7 heteroatoms. The number of halogens is 5. The Balaban J connectivity index is 3.20. The molecule has 1 aromatic carbocycles. The normalized spacial score (nSPS) is 13.8. The first-order chi connectivity index (χ1) is 7.79. The molecular formula is C10H10F5NO. The molecule has 0 heterocycles. The summed E-state index contributed by atoms with van der Waals surface area (Å²) in [7, 11) is 0. The second-order valence-electron chi connectivity index (χ2n) is 3.45. The zero-order chi connectivity index (χ0) is 13.2. The van der Waals surface area contributed by atoms with Gasteiger partial charge in [-0.1, -0.05) is 6.07 Å². The summed E-state index contributed by atoms with van der Waals surface area (Å²) in [6.45, 7) is -0.372. The average molecular weight is 255 g/mol. The van der Waals surface area contributed by atoms with E-state index < -0.39 is 29.4 Å². The molecule has 1 atom stereocenters. The SMILES string of the molecule is NC(CCO)c1ccc(C(F)(F)F)c(F)c1F. The van der Waals surface area contributed by atoms with Gasteiger partial charge in [0.2, 0.25) is 0 Å². The van der Waals surface area contributed by atoms with E-state index in [-0.39, 0.29) is 18.6 Å². The van der Waals surface area contributed by atoms with Crippen LogP contribution in [0.2, 0.25) is 0 Å². The molecule has 1 unspecified atom stereocenters. The molecule has 0 fully saturated rings. The lowest BCUT2D eigenvalue weighted by Gasteiger charge is -2.15. The van der Waals surface area contributed by atoms with Gasteiger partial charge in [-0.2, -0.15) is 13.2 Å². The van der Waals surface area contributed by atoms with Crippen LogP contribution >= 0.6 is 0 Å². The summed E-state index contributed by atoms with van der Waals surface area (Å²) in [6, 6.07) is 0.170.